The van der Waals surface area contributed by atoms with E-state index in [0.717, 1.165) is 31.1 Å². The zero-order chi connectivity index (χ0) is 15.9. The Morgan fingerprint density at radius 3 is 2.87 bits per heavy atom. The summed E-state index contributed by atoms with van der Waals surface area (Å²) in [5, 5.41) is 3.43. The quantitative estimate of drug-likeness (QED) is 0.878. The van der Waals surface area contributed by atoms with E-state index in [1.165, 1.54) is 31.2 Å². The molecule has 2 heterocycles. The van der Waals surface area contributed by atoms with E-state index in [-0.39, 0.29) is 0 Å². The van der Waals surface area contributed by atoms with Gasteiger partial charge in [-0.3, -0.25) is 0 Å². The summed E-state index contributed by atoms with van der Waals surface area (Å²) in [6.07, 6.45) is 7.74. The highest BCUT2D eigenvalue weighted by Gasteiger charge is 2.22. The number of rotatable bonds is 6. The maximum Gasteiger partial charge on any atom is 0.134 e. The van der Waals surface area contributed by atoms with Gasteiger partial charge in [0.05, 0.1) is 0 Å². The van der Waals surface area contributed by atoms with Crippen molar-refractivity contribution in [2.24, 2.45) is 0 Å². The Balaban J connectivity index is 1.60. The van der Waals surface area contributed by atoms with Crippen molar-refractivity contribution >= 4 is 11.6 Å². The van der Waals surface area contributed by atoms with Crippen molar-refractivity contribution in [1.82, 2.24) is 9.97 Å². The van der Waals surface area contributed by atoms with Crippen LogP contribution in [0.3, 0.4) is 0 Å². The molecule has 1 unspecified atom stereocenters. The van der Waals surface area contributed by atoms with Gasteiger partial charge in [0, 0.05) is 25.2 Å². The van der Waals surface area contributed by atoms with E-state index >= 15 is 0 Å². The van der Waals surface area contributed by atoms with Gasteiger partial charge in [-0.2, -0.15) is 0 Å². The van der Waals surface area contributed by atoms with Crippen LogP contribution in [0.15, 0.2) is 42.7 Å². The fraction of sp³-hybridized carbons (Fsp3) is 0.474. The fourth-order valence-corrected chi connectivity index (χ4v) is 3.31. The molecule has 1 atom stereocenters. The zero-order valence-corrected chi connectivity index (χ0v) is 13.9. The SMILES string of the molecule is CCC1CCCCN1c1cc(NCCc2ccccc2)ncn1. The molecule has 1 aromatic carbocycles. The Bertz CT molecular complexity index is 599. The van der Waals surface area contributed by atoms with E-state index in [4.69, 9.17) is 0 Å². The minimum absolute atomic E-state index is 0.621. The first-order valence-corrected chi connectivity index (χ1v) is 8.73. The Labute approximate surface area is 139 Å². The summed E-state index contributed by atoms with van der Waals surface area (Å²) in [5.41, 5.74) is 1.34. The number of piperidine rings is 1. The van der Waals surface area contributed by atoms with Gasteiger partial charge in [0.25, 0.3) is 0 Å². The molecule has 1 aromatic heterocycles. The third-order valence-electron chi connectivity index (χ3n) is 4.61. The summed E-state index contributed by atoms with van der Waals surface area (Å²) < 4.78 is 0. The standard InChI is InChI=1S/C19H26N4/c1-2-17-10-6-7-13-23(17)19-14-18(21-15-22-19)20-12-11-16-8-4-3-5-9-16/h3-5,8-9,14-15,17H,2,6-7,10-13H2,1H3,(H,20,21,22). The Morgan fingerprint density at radius 1 is 1.17 bits per heavy atom. The lowest BCUT2D eigenvalue weighted by molar-refractivity contribution is 0.446. The molecule has 0 spiro atoms. The topological polar surface area (TPSA) is 41.0 Å². The lowest BCUT2D eigenvalue weighted by Crippen LogP contribution is -2.39. The van der Waals surface area contributed by atoms with Gasteiger partial charge < -0.3 is 10.2 Å². The van der Waals surface area contributed by atoms with Crippen LogP contribution in [0.2, 0.25) is 0 Å². The second-order valence-corrected chi connectivity index (χ2v) is 6.18. The predicted octanol–water partition coefficient (Wildman–Crippen LogP) is 3.90. The third kappa shape index (κ3) is 4.21. The van der Waals surface area contributed by atoms with Crippen molar-refractivity contribution < 1.29 is 0 Å². The highest BCUT2D eigenvalue weighted by molar-refractivity contribution is 5.49. The highest BCUT2D eigenvalue weighted by atomic mass is 15.2. The van der Waals surface area contributed by atoms with Crippen LogP contribution in [-0.4, -0.2) is 29.1 Å². The van der Waals surface area contributed by atoms with E-state index in [2.05, 4.69) is 63.5 Å². The molecule has 0 radical (unpaired) electrons. The molecule has 23 heavy (non-hydrogen) atoms. The number of nitrogens with one attached hydrogen (secondary N) is 1. The maximum atomic E-state index is 4.50. The molecule has 4 heteroatoms. The van der Waals surface area contributed by atoms with E-state index in [1.807, 2.05) is 0 Å². The van der Waals surface area contributed by atoms with Gasteiger partial charge in [-0.1, -0.05) is 37.3 Å². The summed E-state index contributed by atoms with van der Waals surface area (Å²) in [4.78, 5) is 11.3. The van der Waals surface area contributed by atoms with Crippen LogP contribution < -0.4 is 10.2 Å². The van der Waals surface area contributed by atoms with Crippen molar-refractivity contribution in [3.8, 4) is 0 Å². The average Bonchev–Trinajstić information content (AvgIpc) is 2.63. The highest BCUT2D eigenvalue weighted by Crippen LogP contribution is 2.25. The zero-order valence-electron chi connectivity index (χ0n) is 13.9. The molecule has 0 aliphatic carbocycles. The lowest BCUT2D eigenvalue weighted by atomic mass is 10.0. The van der Waals surface area contributed by atoms with Crippen LogP contribution in [0.5, 0.6) is 0 Å². The van der Waals surface area contributed by atoms with Gasteiger partial charge >= 0.3 is 0 Å². The lowest BCUT2D eigenvalue weighted by Gasteiger charge is -2.36. The summed E-state index contributed by atoms with van der Waals surface area (Å²) in [7, 11) is 0. The molecule has 0 bridgehead atoms. The smallest absolute Gasteiger partial charge is 0.134 e. The van der Waals surface area contributed by atoms with Crippen LogP contribution in [-0.2, 0) is 6.42 Å². The molecular weight excluding hydrogens is 284 g/mol. The normalized spacial score (nSPS) is 18.0. The van der Waals surface area contributed by atoms with Gasteiger partial charge in [-0.25, -0.2) is 9.97 Å². The Morgan fingerprint density at radius 2 is 2.04 bits per heavy atom. The Hall–Kier alpha value is -2.10. The number of hydrogen-bond donors (Lipinski definition) is 1. The molecule has 1 saturated heterocycles. The molecule has 1 aliphatic rings. The molecule has 1 fully saturated rings. The van der Waals surface area contributed by atoms with Crippen LogP contribution >= 0.6 is 0 Å². The number of nitrogens with zero attached hydrogens (tertiary/aromatic N) is 3. The second kappa shape index (κ2) is 7.95. The minimum atomic E-state index is 0.621. The molecule has 2 aromatic rings. The average molecular weight is 310 g/mol. The van der Waals surface area contributed by atoms with Crippen molar-refractivity contribution in [3.63, 3.8) is 0 Å². The Kier molecular flexibility index (Phi) is 5.46. The van der Waals surface area contributed by atoms with E-state index < -0.39 is 0 Å². The van der Waals surface area contributed by atoms with Crippen molar-refractivity contribution in [2.75, 3.05) is 23.3 Å². The number of hydrogen-bond acceptors (Lipinski definition) is 4. The third-order valence-corrected chi connectivity index (χ3v) is 4.61. The number of benzene rings is 1. The molecule has 4 nitrogen and oxygen atoms in total. The molecule has 0 saturated carbocycles. The summed E-state index contributed by atoms with van der Waals surface area (Å²) >= 11 is 0. The largest absolute Gasteiger partial charge is 0.370 e. The summed E-state index contributed by atoms with van der Waals surface area (Å²) in [6.45, 7) is 4.26. The molecular formula is C19H26N4. The molecule has 1 aliphatic heterocycles. The van der Waals surface area contributed by atoms with Crippen LogP contribution in [0.4, 0.5) is 11.6 Å². The summed E-state index contributed by atoms with van der Waals surface area (Å²) in [6, 6.07) is 13.3. The van der Waals surface area contributed by atoms with E-state index in [0.29, 0.717) is 6.04 Å². The maximum absolute atomic E-state index is 4.50. The van der Waals surface area contributed by atoms with Gasteiger partial charge in [0.15, 0.2) is 0 Å². The number of aromatic nitrogens is 2. The van der Waals surface area contributed by atoms with Crippen molar-refractivity contribution in [2.45, 2.75) is 45.1 Å². The van der Waals surface area contributed by atoms with Gasteiger partial charge in [-0.05, 0) is 37.7 Å². The summed E-state index contributed by atoms with van der Waals surface area (Å²) in [5.74, 6) is 1.99. The molecule has 1 N–H and O–H groups in total. The van der Waals surface area contributed by atoms with Crippen LogP contribution in [0, 0.1) is 0 Å². The number of anilines is 2. The van der Waals surface area contributed by atoms with Crippen LogP contribution in [0.25, 0.3) is 0 Å². The van der Waals surface area contributed by atoms with Crippen LogP contribution in [0.1, 0.15) is 38.2 Å². The van der Waals surface area contributed by atoms with E-state index in [9.17, 15) is 0 Å². The minimum Gasteiger partial charge on any atom is -0.370 e. The predicted molar refractivity (Wildman–Crippen MR) is 95.9 cm³/mol. The van der Waals surface area contributed by atoms with Crippen molar-refractivity contribution in [3.05, 3.63) is 48.3 Å². The van der Waals surface area contributed by atoms with E-state index in [1.54, 1.807) is 6.33 Å². The molecule has 0 amide bonds. The fourth-order valence-electron chi connectivity index (χ4n) is 3.31. The first-order chi connectivity index (χ1) is 11.4. The first kappa shape index (κ1) is 15.8. The molecule has 3 rings (SSSR count). The van der Waals surface area contributed by atoms with Crippen molar-refractivity contribution in [1.29, 1.82) is 0 Å². The second-order valence-electron chi connectivity index (χ2n) is 6.18. The molecule has 122 valence electrons. The van der Waals surface area contributed by atoms with Gasteiger partial charge in [0.1, 0.15) is 18.0 Å². The van der Waals surface area contributed by atoms with Gasteiger partial charge in [-0.15, -0.1) is 0 Å². The monoisotopic (exact) mass is 310 g/mol. The first-order valence-electron chi connectivity index (χ1n) is 8.73. The van der Waals surface area contributed by atoms with Gasteiger partial charge in [0.2, 0.25) is 0 Å².